The van der Waals surface area contributed by atoms with Crippen LogP contribution in [0.4, 0.5) is 0 Å². The first-order valence-corrected chi connectivity index (χ1v) is 7.40. The van der Waals surface area contributed by atoms with Gasteiger partial charge in [-0.3, -0.25) is 4.79 Å². The van der Waals surface area contributed by atoms with Crippen molar-refractivity contribution in [2.75, 3.05) is 39.9 Å². The molecule has 1 heterocycles. The molecular formula is C16H24N2O3. The Morgan fingerprint density at radius 2 is 2.29 bits per heavy atom. The van der Waals surface area contributed by atoms with Crippen LogP contribution in [0.1, 0.15) is 12.0 Å². The quantitative estimate of drug-likeness (QED) is 0.856. The molecule has 1 aromatic rings. The molecule has 5 heteroatoms. The highest BCUT2D eigenvalue weighted by Crippen LogP contribution is 2.15. The number of carbonyl (C=O) groups is 1. The van der Waals surface area contributed by atoms with E-state index in [9.17, 15) is 4.79 Å². The number of morpholine rings is 1. The van der Waals surface area contributed by atoms with Crippen LogP contribution in [0.15, 0.2) is 24.3 Å². The number of aryl methyl sites for hydroxylation is 1. The molecule has 1 aromatic carbocycles. The zero-order valence-electron chi connectivity index (χ0n) is 12.8. The van der Waals surface area contributed by atoms with Crippen molar-refractivity contribution < 1.29 is 14.3 Å². The summed E-state index contributed by atoms with van der Waals surface area (Å²) in [6.45, 7) is 5.31. The Morgan fingerprint density at radius 3 is 3.05 bits per heavy atom. The molecule has 1 aliphatic heterocycles. The van der Waals surface area contributed by atoms with Crippen LogP contribution in [0, 0.1) is 6.92 Å². The number of nitrogens with one attached hydrogen (secondary N) is 1. The van der Waals surface area contributed by atoms with Crippen molar-refractivity contribution in [1.29, 1.82) is 0 Å². The van der Waals surface area contributed by atoms with Crippen molar-refractivity contribution in [1.82, 2.24) is 10.2 Å². The van der Waals surface area contributed by atoms with Crippen molar-refractivity contribution in [3.63, 3.8) is 0 Å². The molecule has 0 bridgehead atoms. The zero-order chi connectivity index (χ0) is 15.1. The summed E-state index contributed by atoms with van der Waals surface area (Å²) in [6.07, 6.45) is 1.04. The van der Waals surface area contributed by atoms with E-state index in [1.165, 1.54) is 0 Å². The Hall–Kier alpha value is -1.59. The largest absolute Gasteiger partial charge is 0.484 e. The summed E-state index contributed by atoms with van der Waals surface area (Å²) in [5.74, 6) is 0.660. The predicted molar refractivity (Wildman–Crippen MR) is 81.5 cm³/mol. The number of hydrogen-bond donors (Lipinski definition) is 1. The molecule has 5 nitrogen and oxygen atoms in total. The van der Waals surface area contributed by atoms with Gasteiger partial charge in [-0.2, -0.15) is 0 Å². The number of nitrogens with zero attached hydrogens (tertiary/aromatic N) is 1. The van der Waals surface area contributed by atoms with E-state index < -0.39 is 0 Å². The van der Waals surface area contributed by atoms with Crippen molar-refractivity contribution in [3.8, 4) is 5.75 Å². The van der Waals surface area contributed by atoms with Gasteiger partial charge in [0, 0.05) is 19.6 Å². The molecule has 1 fully saturated rings. The Kier molecular flexibility index (Phi) is 6.02. The van der Waals surface area contributed by atoms with Crippen LogP contribution in [0.3, 0.4) is 0 Å². The van der Waals surface area contributed by atoms with E-state index in [1.54, 1.807) is 0 Å². The molecule has 2 rings (SSSR count). The number of hydrogen-bond acceptors (Lipinski definition) is 4. The SMILES string of the molecule is Cc1ccccc1OCC(=O)NCCC1CN(C)CCO1. The molecular weight excluding hydrogens is 268 g/mol. The van der Waals surface area contributed by atoms with Crippen LogP contribution in [0.2, 0.25) is 0 Å². The van der Waals surface area contributed by atoms with Crippen LogP contribution >= 0.6 is 0 Å². The lowest BCUT2D eigenvalue weighted by Gasteiger charge is -2.30. The fraction of sp³-hybridized carbons (Fsp3) is 0.562. The van der Waals surface area contributed by atoms with E-state index in [1.807, 2.05) is 31.2 Å². The topological polar surface area (TPSA) is 50.8 Å². The van der Waals surface area contributed by atoms with Gasteiger partial charge in [0.1, 0.15) is 5.75 Å². The third-order valence-corrected chi connectivity index (χ3v) is 3.58. The molecule has 0 saturated carbocycles. The summed E-state index contributed by atoms with van der Waals surface area (Å²) in [7, 11) is 2.09. The minimum absolute atomic E-state index is 0.0519. The molecule has 116 valence electrons. The number of para-hydroxylation sites is 1. The number of likely N-dealkylation sites (N-methyl/N-ethyl adjacent to an activating group) is 1. The molecule has 1 unspecified atom stereocenters. The molecule has 21 heavy (non-hydrogen) atoms. The van der Waals surface area contributed by atoms with Gasteiger partial charge >= 0.3 is 0 Å². The van der Waals surface area contributed by atoms with E-state index in [0.717, 1.165) is 37.4 Å². The molecule has 0 spiro atoms. The maximum absolute atomic E-state index is 11.7. The summed E-state index contributed by atoms with van der Waals surface area (Å²) in [5, 5.41) is 2.87. The van der Waals surface area contributed by atoms with Gasteiger partial charge in [-0.05, 0) is 32.0 Å². The van der Waals surface area contributed by atoms with Gasteiger partial charge in [0.2, 0.25) is 0 Å². The third-order valence-electron chi connectivity index (χ3n) is 3.58. The second-order valence-corrected chi connectivity index (χ2v) is 5.45. The van der Waals surface area contributed by atoms with E-state index in [0.29, 0.717) is 6.54 Å². The Labute approximate surface area is 126 Å². The maximum Gasteiger partial charge on any atom is 0.257 e. The monoisotopic (exact) mass is 292 g/mol. The summed E-state index contributed by atoms with van der Waals surface area (Å²) in [5.41, 5.74) is 1.03. The minimum Gasteiger partial charge on any atom is -0.484 e. The number of benzene rings is 1. The van der Waals surface area contributed by atoms with Gasteiger partial charge < -0.3 is 19.7 Å². The molecule has 0 aliphatic carbocycles. The number of carbonyl (C=O) groups excluding carboxylic acids is 1. The van der Waals surface area contributed by atoms with Crippen molar-refractivity contribution in [2.45, 2.75) is 19.4 Å². The summed E-state index contributed by atoms with van der Waals surface area (Å²) < 4.78 is 11.2. The average Bonchev–Trinajstić information content (AvgIpc) is 2.46. The highest BCUT2D eigenvalue weighted by atomic mass is 16.5. The van der Waals surface area contributed by atoms with Crippen LogP contribution < -0.4 is 10.1 Å². The maximum atomic E-state index is 11.7. The fourth-order valence-corrected chi connectivity index (χ4v) is 2.33. The second-order valence-electron chi connectivity index (χ2n) is 5.45. The smallest absolute Gasteiger partial charge is 0.257 e. The second kappa shape index (κ2) is 8.00. The number of rotatable bonds is 6. The fourth-order valence-electron chi connectivity index (χ4n) is 2.33. The molecule has 1 amide bonds. The highest BCUT2D eigenvalue weighted by Gasteiger charge is 2.17. The Bertz CT molecular complexity index is 465. The molecule has 1 N–H and O–H groups in total. The molecule has 1 aliphatic rings. The molecule has 0 aromatic heterocycles. The number of amides is 1. The average molecular weight is 292 g/mol. The standard InChI is InChI=1S/C16H24N2O3/c1-13-5-3-4-6-15(13)21-12-16(19)17-8-7-14-11-18(2)9-10-20-14/h3-6,14H,7-12H2,1-2H3,(H,17,19). The number of ether oxygens (including phenoxy) is 2. The summed E-state index contributed by atoms with van der Waals surface area (Å²) in [4.78, 5) is 14.0. The van der Waals surface area contributed by atoms with Gasteiger partial charge in [0.15, 0.2) is 6.61 Å². The van der Waals surface area contributed by atoms with Crippen LogP contribution in [-0.4, -0.2) is 56.8 Å². The minimum atomic E-state index is -0.0950. The molecule has 1 saturated heterocycles. The summed E-state index contributed by atoms with van der Waals surface area (Å²) in [6, 6.07) is 7.68. The first kappa shape index (κ1) is 15.8. The zero-order valence-corrected chi connectivity index (χ0v) is 12.8. The molecule has 1 atom stereocenters. The lowest BCUT2D eigenvalue weighted by atomic mass is 10.2. The lowest BCUT2D eigenvalue weighted by Crippen LogP contribution is -2.42. The highest BCUT2D eigenvalue weighted by molar-refractivity contribution is 5.77. The Balaban J connectivity index is 1.62. The van der Waals surface area contributed by atoms with Crippen LogP contribution in [0.5, 0.6) is 5.75 Å². The van der Waals surface area contributed by atoms with Crippen molar-refractivity contribution in [3.05, 3.63) is 29.8 Å². The van der Waals surface area contributed by atoms with E-state index in [4.69, 9.17) is 9.47 Å². The molecule has 0 radical (unpaired) electrons. The van der Waals surface area contributed by atoms with E-state index in [2.05, 4.69) is 17.3 Å². The van der Waals surface area contributed by atoms with Crippen molar-refractivity contribution >= 4 is 5.91 Å². The van der Waals surface area contributed by atoms with E-state index in [-0.39, 0.29) is 18.6 Å². The van der Waals surface area contributed by atoms with Gasteiger partial charge in [-0.15, -0.1) is 0 Å². The first-order chi connectivity index (χ1) is 10.1. The van der Waals surface area contributed by atoms with Gasteiger partial charge in [0.25, 0.3) is 5.91 Å². The van der Waals surface area contributed by atoms with Gasteiger partial charge in [-0.1, -0.05) is 18.2 Å². The van der Waals surface area contributed by atoms with E-state index >= 15 is 0 Å². The summed E-state index contributed by atoms with van der Waals surface area (Å²) >= 11 is 0. The normalized spacial score (nSPS) is 19.2. The predicted octanol–water partition coefficient (Wildman–Crippen LogP) is 1.21. The van der Waals surface area contributed by atoms with Crippen molar-refractivity contribution in [2.24, 2.45) is 0 Å². The van der Waals surface area contributed by atoms with Crippen LogP contribution in [0.25, 0.3) is 0 Å². The van der Waals surface area contributed by atoms with Gasteiger partial charge in [-0.25, -0.2) is 0 Å². The Morgan fingerprint density at radius 1 is 1.48 bits per heavy atom. The van der Waals surface area contributed by atoms with Crippen LogP contribution in [-0.2, 0) is 9.53 Å². The third kappa shape index (κ3) is 5.36. The lowest BCUT2D eigenvalue weighted by molar-refractivity contribution is -0.123. The van der Waals surface area contributed by atoms with Gasteiger partial charge in [0.05, 0.1) is 12.7 Å². The first-order valence-electron chi connectivity index (χ1n) is 7.40.